The highest BCUT2D eigenvalue weighted by molar-refractivity contribution is 5.73. The third-order valence-electron chi connectivity index (χ3n) is 4.21. The molecule has 0 aromatic heterocycles. The van der Waals surface area contributed by atoms with Gasteiger partial charge in [0.05, 0.1) is 5.92 Å². The zero-order valence-electron chi connectivity index (χ0n) is 11.1. The Labute approximate surface area is 104 Å². The van der Waals surface area contributed by atoms with Gasteiger partial charge in [0.2, 0.25) is 0 Å². The number of rotatable bonds is 3. The number of fused-ring (bicyclic) bond motifs is 1. The molecular weight excluding hydrogens is 214 g/mol. The minimum atomic E-state index is -0.0714. The van der Waals surface area contributed by atoms with Gasteiger partial charge in [0.15, 0.2) is 0 Å². The van der Waals surface area contributed by atoms with Crippen molar-refractivity contribution in [1.82, 2.24) is 4.90 Å². The summed E-state index contributed by atoms with van der Waals surface area (Å²) in [4.78, 5) is 14.1. The first kappa shape index (κ1) is 12.6. The first-order valence-corrected chi connectivity index (χ1v) is 6.74. The lowest BCUT2D eigenvalue weighted by Gasteiger charge is -2.27. The molecule has 0 bridgehead atoms. The van der Waals surface area contributed by atoms with Crippen molar-refractivity contribution in [3.05, 3.63) is 11.8 Å². The van der Waals surface area contributed by atoms with Crippen molar-refractivity contribution in [1.29, 1.82) is 0 Å². The number of allylic oxidation sites excluding steroid dienone is 1. The lowest BCUT2D eigenvalue weighted by molar-refractivity contribution is -0.144. The molecule has 0 amide bonds. The van der Waals surface area contributed by atoms with Crippen LogP contribution < -0.4 is 0 Å². The second-order valence-corrected chi connectivity index (χ2v) is 5.42. The van der Waals surface area contributed by atoms with E-state index in [0.717, 1.165) is 30.9 Å². The Kier molecular flexibility index (Phi) is 3.87. The van der Waals surface area contributed by atoms with Gasteiger partial charge in [-0.25, -0.2) is 0 Å². The maximum absolute atomic E-state index is 11.7. The topological polar surface area (TPSA) is 29.5 Å². The molecule has 0 radical (unpaired) electrons. The van der Waals surface area contributed by atoms with Crippen LogP contribution in [0.15, 0.2) is 11.8 Å². The van der Waals surface area contributed by atoms with Crippen LogP contribution in [-0.4, -0.2) is 30.5 Å². The van der Waals surface area contributed by atoms with E-state index in [-0.39, 0.29) is 11.9 Å². The van der Waals surface area contributed by atoms with Gasteiger partial charge in [-0.15, -0.1) is 0 Å². The summed E-state index contributed by atoms with van der Waals surface area (Å²) in [5, 5.41) is 0. The van der Waals surface area contributed by atoms with Crippen molar-refractivity contribution in [3.8, 4) is 0 Å². The third kappa shape index (κ3) is 2.71. The molecule has 0 aromatic carbocycles. The van der Waals surface area contributed by atoms with Gasteiger partial charge < -0.3 is 4.74 Å². The molecule has 3 heteroatoms. The van der Waals surface area contributed by atoms with Crippen LogP contribution in [0.2, 0.25) is 0 Å². The largest absolute Gasteiger partial charge is 0.431 e. The molecule has 2 rings (SSSR count). The van der Waals surface area contributed by atoms with E-state index in [4.69, 9.17) is 4.74 Å². The molecule has 3 unspecified atom stereocenters. The predicted octanol–water partition coefficient (Wildman–Crippen LogP) is 2.57. The van der Waals surface area contributed by atoms with Crippen LogP contribution in [0.1, 0.15) is 39.5 Å². The molecule has 1 saturated heterocycles. The number of carbonyl (C=O) groups is 1. The molecule has 0 spiro atoms. The minimum absolute atomic E-state index is 0.00920. The summed E-state index contributed by atoms with van der Waals surface area (Å²) < 4.78 is 5.50. The number of ether oxygens (including phenoxy) is 1. The Morgan fingerprint density at radius 3 is 3.06 bits per heavy atom. The van der Waals surface area contributed by atoms with E-state index >= 15 is 0 Å². The van der Waals surface area contributed by atoms with Gasteiger partial charge in [0.1, 0.15) is 5.76 Å². The predicted molar refractivity (Wildman–Crippen MR) is 67.4 cm³/mol. The first-order valence-electron chi connectivity index (χ1n) is 6.74. The van der Waals surface area contributed by atoms with Gasteiger partial charge in [-0.1, -0.05) is 13.8 Å². The molecule has 1 aliphatic carbocycles. The average Bonchev–Trinajstić information content (AvgIpc) is 2.70. The van der Waals surface area contributed by atoms with Crippen LogP contribution in [0.4, 0.5) is 0 Å². The zero-order valence-corrected chi connectivity index (χ0v) is 11.1. The smallest absolute Gasteiger partial charge is 0.313 e. The summed E-state index contributed by atoms with van der Waals surface area (Å²) in [5.41, 5.74) is 0. The van der Waals surface area contributed by atoms with E-state index in [1.807, 2.05) is 13.8 Å². The Hall–Kier alpha value is -0.830. The fourth-order valence-electron chi connectivity index (χ4n) is 2.71. The van der Waals surface area contributed by atoms with Gasteiger partial charge in [-0.3, -0.25) is 9.69 Å². The van der Waals surface area contributed by atoms with E-state index < -0.39 is 0 Å². The summed E-state index contributed by atoms with van der Waals surface area (Å²) in [6.07, 6.45) is 6.38. The Bertz CT molecular complexity index is 324. The normalized spacial score (nSPS) is 30.6. The van der Waals surface area contributed by atoms with Crippen molar-refractivity contribution in [3.63, 3.8) is 0 Å². The lowest BCUT2D eigenvalue weighted by atomic mass is 9.89. The monoisotopic (exact) mass is 237 g/mol. The molecule has 1 aliphatic heterocycles. The van der Waals surface area contributed by atoms with E-state index in [1.54, 1.807) is 0 Å². The van der Waals surface area contributed by atoms with E-state index in [9.17, 15) is 4.79 Å². The second kappa shape index (κ2) is 5.21. The van der Waals surface area contributed by atoms with Gasteiger partial charge in [-0.05, 0) is 44.8 Å². The van der Waals surface area contributed by atoms with E-state index in [0.29, 0.717) is 6.04 Å². The highest BCUT2D eigenvalue weighted by Crippen LogP contribution is 2.34. The molecule has 96 valence electrons. The highest BCUT2D eigenvalue weighted by atomic mass is 16.5. The molecule has 1 fully saturated rings. The van der Waals surface area contributed by atoms with E-state index in [1.165, 1.54) is 13.0 Å². The standard InChI is InChI=1S/C14H23NO2/c1-4-10(2)14(16)17-12-6-5-11-7-8-15(3)13(11)9-12/h9-11,13H,4-8H2,1-3H3. The zero-order chi connectivity index (χ0) is 12.4. The summed E-state index contributed by atoms with van der Waals surface area (Å²) in [6.45, 7) is 5.11. The molecule has 3 nitrogen and oxygen atoms in total. The number of nitrogens with zero attached hydrogens (tertiary/aromatic N) is 1. The number of likely N-dealkylation sites (tertiary alicyclic amines) is 1. The Morgan fingerprint density at radius 1 is 1.59 bits per heavy atom. The van der Waals surface area contributed by atoms with Crippen molar-refractivity contribution >= 4 is 5.97 Å². The molecular formula is C14H23NO2. The number of hydrogen-bond donors (Lipinski definition) is 0. The molecule has 3 atom stereocenters. The van der Waals surface area contributed by atoms with Crippen molar-refractivity contribution in [2.45, 2.75) is 45.6 Å². The minimum Gasteiger partial charge on any atom is -0.431 e. The van der Waals surface area contributed by atoms with Gasteiger partial charge in [-0.2, -0.15) is 0 Å². The number of hydrogen-bond acceptors (Lipinski definition) is 3. The van der Waals surface area contributed by atoms with Gasteiger partial charge in [0.25, 0.3) is 0 Å². The lowest BCUT2D eigenvalue weighted by Crippen LogP contribution is -2.30. The number of esters is 1. The summed E-state index contributed by atoms with van der Waals surface area (Å²) >= 11 is 0. The van der Waals surface area contributed by atoms with Crippen LogP contribution in [0.25, 0.3) is 0 Å². The van der Waals surface area contributed by atoms with Crippen LogP contribution in [0, 0.1) is 11.8 Å². The molecule has 1 heterocycles. The SMILES string of the molecule is CCC(C)C(=O)OC1=CC2C(CC1)CCN2C. The summed E-state index contributed by atoms with van der Waals surface area (Å²) in [7, 11) is 2.15. The maximum atomic E-state index is 11.7. The molecule has 0 N–H and O–H groups in total. The fourth-order valence-corrected chi connectivity index (χ4v) is 2.71. The second-order valence-electron chi connectivity index (χ2n) is 5.42. The van der Waals surface area contributed by atoms with Gasteiger partial charge in [0, 0.05) is 12.5 Å². The van der Waals surface area contributed by atoms with Crippen LogP contribution in [0.3, 0.4) is 0 Å². The summed E-state index contributed by atoms with van der Waals surface area (Å²) in [5.74, 6) is 1.60. The number of carbonyl (C=O) groups excluding carboxylic acids is 1. The summed E-state index contributed by atoms with van der Waals surface area (Å²) in [6, 6.07) is 0.489. The average molecular weight is 237 g/mol. The van der Waals surface area contributed by atoms with Gasteiger partial charge >= 0.3 is 5.97 Å². The molecule has 0 saturated carbocycles. The highest BCUT2D eigenvalue weighted by Gasteiger charge is 2.34. The van der Waals surface area contributed by atoms with Crippen molar-refractivity contribution in [2.24, 2.45) is 11.8 Å². The Morgan fingerprint density at radius 2 is 2.35 bits per heavy atom. The molecule has 0 aromatic rings. The Balaban J connectivity index is 1.98. The third-order valence-corrected chi connectivity index (χ3v) is 4.21. The molecule has 2 aliphatic rings. The van der Waals surface area contributed by atoms with Crippen molar-refractivity contribution < 1.29 is 9.53 Å². The van der Waals surface area contributed by atoms with Crippen LogP contribution in [0.5, 0.6) is 0 Å². The van der Waals surface area contributed by atoms with Crippen molar-refractivity contribution in [2.75, 3.05) is 13.6 Å². The molecule has 17 heavy (non-hydrogen) atoms. The maximum Gasteiger partial charge on any atom is 0.313 e. The quantitative estimate of drug-likeness (QED) is 0.707. The van der Waals surface area contributed by atoms with Crippen LogP contribution in [-0.2, 0) is 9.53 Å². The van der Waals surface area contributed by atoms with E-state index in [2.05, 4.69) is 18.0 Å². The van der Waals surface area contributed by atoms with Crippen LogP contribution >= 0.6 is 0 Å². The fraction of sp³-hybridized carbons (Fsp3) is 0.786. The number of likely N-dealkylation sites (N-methyl/N-ethyl adjacent to an activating group) is 1. The first-order chi connectivity index (χ1) is 8.11.